The molecule has 0 unspecified atom stereocenters. The number of hydrogen-bond acceptors (Lipinski definition) is 3. The van der Waals surface area contributed by atoms with E-state index in [1.165, 1.54) is 0 Å². The van der Waals surface area contributed by atoms with E-state index in [9.17, 15) is 9.90 Å². The number of carbonyl (C=O) groups is 1. The van der Waals surface area contributed by atoms with Crippen molar-refractivity contribution < 1.29 is 9.90 Å². The van der Waals surface area contributed by atoms with E-state index in [0.29, 0.717) is 5.56 Å². The van der Waals surface area contributed by atoms with Gasteiger partial charge in [0, 0.05) is 12.6 Å². The number of benzene rings is 1. The first kappa shape index (κ1) is 13.5. The van der Waals surface area contributed by atoms with Gasteiger partial charge < -0.3 is 15.0 Å². The number of nitrogens with one attached hydrogen (secondary N) is 1. The Morgan fingerprint density at radius 1 is 1.47 bits per heavy atom. The first-order chi connectivity index (χ1) is 8.84. The van der Waals surface area contributed by atoms with Crippen molar-refractivity contribution in [2.75, 3.05) is 6.61 Å². The zero-order valence-electron chi connectivity index (χ0n) is 11.7. The highest BCUT2D eigenvalue weighted by atomic mass is 16.3. The highest BCUT2D eigenvalue weighted by Crippen LogP contribution is 2.17. The predicted octanol–water partition coefficient (Wildman–Crippen LogP) is 1.38. The van der Waals surface area contributed by atoms with E-state index in [1.54, 1.807) is 26.0 Å². The van der Waals surface area contributed by atoms with Gasteiger partial charge in [-0.2, -0.15) is 0 Å². The highest BCUT2D eigenvalue weighted by Gasteiger charge is 2.20. The lowest BCUT2D eigenvalue weighted by atomic mass is 10.1. The monoisotopic (exact) mass is 261 g/mol. The van der Waals surface area contributed by atoms with Crippen molar-refractivity contribution in [2.45, 2.75) is 26.3 Å². The maximum Gasteiger partial charge on any atom is 0.251 e. The lowest BCUT2D eigenvalue weighted by molar-refractivity contribution is 0.0869. The zero-order chi connectivity index (χ0) is 14.2. The summed E-state index contributed by atoms with van der Waals surface area (Å²) in [6.07, 6.45) is 0. The second kappa shape index (κ2) is 4.66. The van der Waals surface area contributed by atoms with Crippen molar-refractivity contribution in [1.82, 2.24) is 14.9 Å². The molecule has 0 spiro atoms. The number of rotatable bonds is 3. The van der Waals surface area contributed by atoms with Crippen LogP contribution in [0.3, 0.4) is 0 Å². The van der Waals surface area contributed by atoms with Crippen LogP contribution in [0.2, 0.25) is 0 Å². The molecule has 0 saturated carbocycles. The summed E-state index contributed by atoms with van der Waals surface area (Å²) in [5.74, 6) is 0.701. The van der Waals surface area contributed by atoms with Gasteiger partial charge in [-0.1, -0.05) is 0 Å². The van der Waals surface area contributed by atoms with Gasteiger partial charge in [0.2, 0.25) is 0 Å². The molecule has 1 heterocycles. The number of amides is 1. The molecule has 102 valence electrons. The first-order valence-corrected chi connectivity index (χ1v) is 6.20. The predicted molar refractivity (Wildman–Crippen MR) is 74.1 cm³/mol. The molecule has 0 radical (unpaired) electrons. The van der Waals surface area contributed by atoms with Crippen LogP contribution in [0.25, 0.3) is 11.0 Å². The third-order valence-electron chi connectivity index (χ3n) is 3.21. The van der Waals surface area contributed by atoms with E-state index in [2.05, 4.69) is 10.3 Å². The first-order valence-electron chi connectivity index (χ1n) is 6.20. The molecular formula is C14H19N3O2. The van der Waals surface area contributed by atoms with Crippen molar-refractivity contribution >= 4 is 16.9 Å². The normalized spacial score (nSPS) is 11.8. The van der Waals surface area contributed by atoms with Gasteiger partial charge >= 0.3 is 0 Å². The largest absolute Gasteiger partial charge is 0.394 e. The van der Waals surface area contributed by atoms with E-state index in [1.807, 2.05) is 24.6 Å². The van der Waals surface area contributed by atoms with Crippen molar-refractivity contribution in [3.05, 3.63) is 29.6 Å². The van der Waals surface area contributed by atoms with Gasteiger partial charge in [0.1, 0.15) is 5.82 Å². The van der Waals surface area contributed by atoms with E-state index in [-0.39, 0.29) is 12.5 Å². The van der Waals surface area contributed by atoms with Crippen LogP contribution in [-0.2, 0) is 7.05 Å². The minimum absolute atomic E-state index is 0.107. The van der Waals surface area contributed by atoms with Crippen molar-refractivity contribution in [1.29, 1.82) is 0 Å². The Morgan fingerprint density at radius 2 is 2.16 bits per heavy atom. The maximum absolute atomic E-state index is 12.1. The number of aliphatic hydroxyl groups is 1. The Bertz CT molecular complexity index is 629. The minimum Gasteiger partial charge on any atom is -0.394 e. The standard InChI is InChI=1S/C14H19N3O2/c1-9-15-11-7-10(5-6-12(11)17(9)4)13(19)16-14(2,3)8-18/h5-7,18H,8H2,1-4H3,(H,16,19). The maximum atomic E-state index is 12.1. The fourth-order valence-corrected chi connectivity index (χ4v) is 1.88. The summed E-state index contributed by atoms with van der Waals surface area (Å²) in [7, 11) is 1.94. The topological polar surface area (TPSA) is 67.2 Å². The second-order valence-electron chi connectivity index (χ2n) is 5.42. The molecule has 2 N–H and O–H groups in total. The third kappa shape index (κ3) is 2.61. The van der Waals surface area contributed by atoms with Crippen LogP contribution in [0.4, 0.5) is 0 Å². The summed E-state index contributed by atoms with van der Waals surface area (Å²) >= 11 is 0. The number of nitrogens with zero attached hydrogens (tertiary/aromatic N) is 2. The summed E-state index contributed by atoms with van der Waals surface area (Å²) in [6.45, 7) is 5.36. The highest BCUT2D eigenvalue weighted by molar-refractivity contribution is 5.97. The molecule has 1 aromatic heterocycles. The molecule has 1 amide bonds. The van der Waals surface area contributed by atoms with Crippen LogP contribution in [0, 0.1) is 6.92 Å². The van der Waals surface area contributed by atoms with E-state index >= 15 is 0 Å². The summed E-state index contributed by atoms with van der Waals surface area (Å²) in [5, 5.41) is 12.0. The van der Waals surface area contributed by atoms with Crippen molar-refractivity contribution in [2.24, 2.45) is 7.05 Å². The minimum atomic E-state index is -0.633. The molecule has 2 rings (SSSR count). The smallest absolute Gasteiger partial charge is 0.251 e. The average molecular weight is 261 g/mol. The van der Waals surface area contributed by atoms with Crippen LogP contribution in [0.1, 0.15) is 30.0 Å². The Labute approximate surface area is 112 Å². The summed E-state index contributed by atoms with van der Waals surface area (Å²) < 4.78 is 1.98. The molecule has 0 aliphatic rings. The van der Waals surface area contributed by atoms with Gasteiger partial charge in [-0.3, -0.25) is 4.79 Å². The number of aliphatic hydroxyl groups excluding tert-OH is 1. The summed E-state index contributed by atoms with van der Waals surface area (Å²) in [6, 6.07) is 5.42. The molecule has 0 aliphatic carbocycles. The number of aryl methyl sites for hydroxylation is 2. The fraction of sp³-hybridized carbons (Fsp3) is 0.429. The number of aromatic nitrogens is 2. The van der Waals surface area contributed by atoms with Gasteiger partial charge in [0.15, 0.2) is 0 Å². The number of hydrogen-bond donors (Lipinski definition) is 2. The molecule has 0 atom stereocenters. The van der Waals surface area contributed by atoms with E-state index in [0.717, 1.165) is 16.9 Å². The number of carbonyl (C=O) groups excluding carboxylic acids is 1. The Hall–Kier alpha value is -1.88. The quantitative estimate of drug-likeness (QED) is 0.877. The molecular weight excluding hydrogens is 242 g/mol. The molecule has 0 fully saturated rings. The van der Waals surface area contributed by atoms with Crippen LogP contribution in [0.5, 0.6) is 0 Å². The van der Waals surface area contributed by atoms with E-state index in [4.69, 9.17) is 0 Å². The zero-order valence-corrected chi connectivity index (χ0v) is 11.7. The average Bonchev–Trinajstić information content (AvgIpc) is 2.64. The van der Waals surface area contributed by atoms with Gasteiger partial charge in [-0.15, -0.1) is 0 Å². The Morgan fingerprint density at radius 3 is 2.79 bits per heavy atom. The third-order valence-corrected chi connectivity index (χ3v) is 3.21. The Kier molecular flexibility index (Phi) is 3.32. The molecule has 0 bridgehead atoms. The van der Waals surface area contributed by atoms with Gasteiger partial charge in [0.25, 0.3) is 5.91 Å². The number of fused-ring (bicyclic) bond motifs is 1. The molecule has 0 aliphatic heterocycles. The summed E-state index contributed by atoms with van der Waals surface area (Å²) in [4.78, 5) is 16.5. The molecule has 5 heteroatoms. The molecule has 5 nitrogen and oxygen atoms in total. The number of imidazole rings is 1. The van der Waals surface area contributed by atoms with Crippen LogP contribution >= 0.6 is 0 Å². The molecule has 19 heavy (non-hydrogen) atoms. The van der Waals surface area contributed by atoms with Crippen molar-refractivity contribution in [3.63, 3.8) is 0 Å². The van der Waals surface area contributed by atoms with Gasteiger partial charge in [-0.05, 0) is 39.0 Å². The molecule has 0 saturated heterocycles. The van der Waals surface area contributed by atoms with Crippen LogP contribution in [0.15, 0.2) is 18.2 Å². The van der Waals surface area contributed by atoms with Crippen LogP contribution < -0.4 is 5.32 Å². The van der Waals surface area contributed by atoms with E-state index < -0.39 is 5.54 Å². The molecule has 2 aromatic rings. The molecule has 1 aromatic carbocycles. The SMILES string of the molecule is Cc1nc2cc(C(=O)NC(C)(C)CO)ccc2n1C. The Balaban J connectivity index is 2.33. The van der Waals surface area contributed by atoms with Crippen LogP contribution in [-0.4, -0.2) is 32.7 Å². The van der Waals surface area contributed by atoms with Crippen molar-refractivity contribution in [3.8, 4) is 0 Å². The fourth-order valence-electron chi connectivity index (χ4n) is 1.88. The summed E-state index contributed by atoms with van der Waals surface area (Å²) in [5.41, 5.74) is 1.71. The van der Waals surface area contributed by atoms with Gasteiger partial charge in [0.05, 0.1) is 23.2 Å². The lowest BCUT2D eigenvalue weighted by Gasteiger charge is -2.23. The van der Waals surface area contributed by atoms with Gasteiger partial charge in [-0.25, -0.2) is 4.98 Å². The second-order valence-corrected chi connectivity index (χ2v) is 5.42. The lowest BCUT2D eigenvalue weighted by Crippen LogP contribution is -2.46.